The molecule has 2 aromatic rings. The number of ether oxygens (including phenoxy) is 7. The molecule has 1 saturated heterocycles. The number of hydrogen-bond acceptors (Lipinski definition) is 9. The normalized spacial score (nSPS) is 27.5. The molecule has 4 aliphatic rings. The van der Waals surface area contributed by atoms with Crippen molar-refractivity contribution >= 4 is 17.5 Å². The van der Waals surface area contributed by atoms with Crippen LogP contribution in [0.2, 0.25) is 0 Å². The zero-order valence-corrected chi connectivity index (χ0v) is 25.3. The minimum absolute atomic E-state index is 0.0136. The van der Waals surface area contributed by atoms with Crippen LogP contribution < -0.4 is 23.7 Å². The Hall–Kier alpha value is -3.92. The lowest BCUT2D eigenvalue weighted by atomic mass is 9.70. The second-order valence-electron chi connectivity index (χ2n) is 12.1. The number of carboxylic acids is 1. The average molecular weight is 595 g/mol. The van der Waals surface area contributed by atoms with Gasteiger partial charge in [0.2, 0.25) is 18.8 Å². The number of cyclic esters (lactones) is 1. The van der Waals surface area contributed by atoms with Gasteiger partial charge < -0.3 is 38.3 Å². The molecular formula is C33H38O10. The van der Waals surface area contributed by atoms with E-state index >= 15 is 0 Å². The van der Waals surface area contributed by atoms with Crippen LogP contribution in [-0.2, 0) is 19.1 Å². The van der Waals surface area contributed by atoms with Gasteiger partial charge in [-0.1, -0.05) is 27.2 Å². The van der Waals surface area contributed by atoms with Crippen molar-refractivity contribution in [3.63, 3.8) is 0 Å². The maximum atomic E-state index is 13.9. The molecule has 6 atom stereocenters. The highest BCUT2D eigenvalue weighted by atomic mass is 16.7. The Morgan fingerprint density at radius 1 is 0.977 bits per heavy atom. The molecule has 1 N–H and O–H groups in total. The van der Waals surface area contributed by atoms with E-state index in [-0.39, 0.29) is 24.4 Å². The Morgan fingerprint density at radius 3 is 2.26 bits per heavy atom. The van der Waals surface area contributed by atoms with E-state index in [1.54, 1.807) is 24.3 Å². The minimum atomic E-state index is -1.12. The Bertz CT molecular complexity index is 1450. The Balaban J connectivity index is 1.56. The Kier molecular flexibility index (Phi) is 7.66. The van der Waals surface area contributed by atoms with E-state index in [1.807, 2.05) is 0 Å². The van der Waals surface area contributed by atoms with Gasteiger partial charge in [-0.15, -0.1) is 0 Å². The lowest BCUT2D eigenvalue weighted by molar-refractivity contribution is -0.199. The van der Waals surface area contributed by atoms with Gasteiger partial charge in [0.15, 0.2) is 23.0 Å². The van der Waals surface area contributed by atoms with Crippen molar-refractivity contribution in [3.05, 3.63) is 46.5 Å². The van der Waals surface area contributed by atoms with Crippen LogP contribution in [0.5, 0.6) is 28.7 Å². The number of fused-ring (bicyclic) bond motifs is 3. The number of rotatable bonds is 8. The Morgan fingerprint density at radius 2 is 1.65 bits per heavy atom. The SMILES string of the molecule is COc1cc(C2=C3C(=O)O[C@@H](O[C@@H]4C[C@H](C)CC[C@H]4C(C)C)[C@@H]3[C@@H](C(=O)O)c3cc4c(cc32)OCO4)cc(OC)c1OC. The van der Waals surface area contributed by atoms with Gasteiger partial charge >= 0.3 is 11.9 Å². The molecule has 10 nitrogen and oxygen atoms in total. The number of methoxy groups -OCH3 is 3. The third-order valence-electron chi connectivity index (χ3n) is 9.34. The quantitative estimate of drug-likeness (QED) is 0.398. The lowest BCUT2D eigenvalue weighted by Gasteiger charge is -2.40. The van der Waals surface area contributed by atoms with Crippen molar-refractivity contribution in [1.82, 2.24) is 0 Å². The molecular weight excluding hydrogens is 556 g/mol. The van der Waals surface area contributed by atoms with Crippen LogP contribution in [0.4, 0.5) is 0 Å². The van der Waals surface area contributed by atoms with E-state index in [0.29, 0.717) is 62.8 Å². The fourth-order valence-electron chi connectivity index (χ4n) is 7.26. The van der Waals surface area contributed by atoms with Crippen molar-refractivity contribution in [2.75, 3.05) is 28.1 Å². The van der Waals surface area contributed by atoms with Crippen LogP contribution in [0.3, 0.4) is 0 Å². The minimum Gasteiger partial charge on any atom is -0.493 e. The summed E-state index contributed by atoms with van der Waals surface area (Å²) in [5.74, 6) is -0.577. The molecule has 1 saturated carbocycles. The number of aliphatic carboxylic acids is 1. The highest BCUT2D eigenvalue weighted by molar-refractivity contribution is 6.08. The van der Waals surface area contributed by atoms with Gasteiger partial charge in [-0.2, -0.15) is 0 Å². The predicted octanol–water partition coefficient (Wildman–Crippen LogP) is 5.40. The molecule has 0 radical (unpaired) electrons. The monoisotopic (exact) mass is 594 g/mol. The largest absolute Gasteiger partial charge is 0.493 e. The number of carboxylic acid groups (broad SMARTS) is 1. The van der Waals surface area contributed by atoms with Gasteiger partial charge in [0, 0.05) is 5.57 Å². The van der Waals surface area contributed by atoms with Gasteiger partial charge in [0.05, 0.1) is 44.8 Å². The van der Waals surface area contributed by atoms with E-state index in [1.165, 1.54) is 21.3 Å². The van der Waals surface area contributed by atoms with Crippen molar-refractivity contribution in [2.45, 2.75) is 58.3 Å². The molecule has 43 heavy (non-hydrogen) atoms. The van der Waals surface area contributed by atoms with E-state index in [2.05, 4.69) is 20.8 Å². The van der Waals surface area contributed by atoms with Gasteiger partial charge in [0.1, 0.15) is 0 Å². The van der Waals surface area contributed by atoms with Gasteiger partial charge in [-0.25, -0.2) is 4.79 Å². The number of benzene rings is 2. The zero-order valence-electron chi connectivity index (χ0n) is 25.3. The molecule has 0 amide bonds. The molecule has 2 fully saturated rings. The number of hydrogen-bond donors (Lipinski definition) is 1. The van der Waals surface area contributed by atoms with E-state index in [9.17, 15) is 14.7 Å². The molecule has 0 aromatic heterocycles. The number of esters is 1. The van der Waals surface area contributed by atoms with Crippen LogP contribution in [0, 0.1) is 23.7 Å². The molecule has 0 spiro atoms. The van der Waals surface area contributed by atoms with Crippen LogP contribution >= 0.6 is 0 Å². The second-order valence-corrected chi connectivity index (χ2v) is 12.1. The first-order chi connectivity index (χ1) is 20.7. The molecule has 10 heteroatoms. The van der Waals surface area contributed by atoms with Gasteiger partial charge in [-0.05, 0) is 71.6 Å². The van der Waals surface area contributed by atoms with E-state index in [4.69, 9.17) is 33.2 Å². The fraction of sp³-hybridized carbons (Fsp3) is 0.515. The second kappa shape index (κ2) is 11.3. The van der Waals surface area contributed by atoms with E-state index < -0.39 is 30.1 Å². The molecule has 2 aliphatic heterocycles. The molecule has 2 aliphatic carbocycles. The highest BCUT2D eigenvalue weighted by Gasteiger charge is 2.55. The summed E-state index contributed by atoms with van der Waals surface area (Å²) in [6, 6.07) is 6.92. The fourth-order valence-corrected chi connectivity index (χ4v) is 7.26. The molecule has 2 heterocycles. The summed E-state index contributed by atoms with van der Waals surface area (Å²) in [6.07, 6.45) is 1.68. The predicted molar refractivity (Wildman–Crippen MR) is 155 cm³/mol. The third-order valence-corrected chi connectivity index (χ3v) is 9.34. The van der Waals surface area contributed by atoms with Gasteiger partial charge in [0.25, 0.3) is 0 Å². The number of carbonyl (C=O) groups excluding carboxylic acids is 1. The molecule has 0 bridgehead atoms. The van der Waals surface area contributed by atoms with Crippen LogP contribution in [0.15, 0.2) is 29.8 Å². The number of carbonyl (C=O) groups is 2. The Labute approximate surface area is 250 Å². The first kappa shape index (κ1) is 29.2. The maximum absolute atomic E-state index is 13.9. The first-order valence-electron chi connectivity index (χ1n) is 14.7. The van der Waals surface area contributed by atoms with Crippen LogP contribution in [-0.4, -0.2) is 57.6 Å². The van der Waals surface area contributed by atoms with Crippen molar-refractivity contribution in [1.29, 1.82) is 0 Å². The summed E-state index contributed by atoms with van der Waals surface area (Å²) in [7, 11) is 4.54. The topological polar surface area (TPSA) is 119 Å². The zero-order chi connectivity index (χ0) is 30.6. The smallest absolute Gasteiger partial charge is 0.337 e. The summed E-state index contributed by atoms with van der Waals surface area (Å²) in [6.45, 7) is 6.55. The lowest BCUT2D eigenvalue weighted by Crippen LogP contribution is -2.41. The van der Waals surface area contributed by atoms with Crippen LogP contribution in [0.1, 0.15) is 62.6 Å². The third kappa shape index (κ3) is 4.85. The first-order valence-corrected chi connectivity index (χ1v) is 14.7. The summed E-state index contributed by atoms with van der Waals surface area (Å²) in [5, 5.41) is 10.7. The van der Waals surface area contributed by atoms with Crippen molar-refractivity contribution < 1.29 is 47.9 Å². The van der Waals surface area contributed by atoms with Crippen LogP contribution in [0.25, 0.3) is 5.57 Å². The molecule has 6 rings (SSSR count). The molecule has 230 valence electrons. The van der Waals surface area contributed by atoms with Crippen molar-refractivity contribution in [3.8, 4) is 28.7 Å². The van der Waals surface area contributed by atoms with Gasteiger partial charge in [-0.3, -0.25) is 4.79 Å². The summed E-state index contributed by atoms with van der Waals surface area (Å²) >= 11 is 0. The maximum Gasteiger partial charge on any atom is 0.337 e. The highest BCUT2D eigenvalue weighted by Crippen LogP contribution is 2.55. The summed E-state index contributed by atoms with van der Waals surface area (Å²) < 4.78 is 40.7. The molecule has 2 aromatic carbocycles. The average Bonchev–Trinajstić information content (AvgIpc) is 3.57. The van der Waals surface area contributed by atoms with E-state index in [0.717, 1.165) is 19.3 Å². The summed E-state index contributed by atoms with van der Waals surface area (Å²) in [5.41, 5.74) is 2.33. The van der Waals surface area contributed by atoms with Crippen molar-refractivity contribution in [2.24, 2.45) is 23.7 Å². The summed E-state index contributed by atoms with van der Waals surface area (Å²) in [4.78, 5) is 27.0. The molecule has 0 unspecified atom stereocenters. The standard InChI is InChI=1S/C33H38O10/c1-15(2)18-8-7-16(3)9-21(18)42-33-29-27(31(34)35)20-13-23-22(40-14-41-23)12-19(20)26(28(29)32(36)43-33)17-10-24(37-4)30(39-6)25(11-17)38-5/h10-13,15-16,18,21,27,29,33H,7-9,14H2,1-6H3,(H,34,35)/t16-,18+,21-,27+,29-,33-/m1/s1.